The van der Waals surface area contributed by atoms with Crippen molar-refractivity contribution in [3.63, 3.8) is 0 Å². The predicted molar refractivity (Wildman–Crippen MR) is 237 cm³/mol. The van der Waals surface area contributed by atoms with Gasteiger partial charge in [-0.05, 0) is 85.9 Å². The number of hydrogen-bond acceptors (Lipinski definition) is 12. The topological polar surface area (TPSA) is 172 Å². The summed E-state index contributed by atoms with van der Waals surface area (Å²) >= 11 is 13.7. The summed E-state index contributed by atoms with van der Waals surface area (Å²) in [5, 5.41) is 13.3. The molecular formula is C47H61Cl2N3O11. The number of aliphatic hydroxyl groups is 1. The van der Waals surface area contributed by atoms with Crippen molar-refractivity contribution >= 4 is 47.1 Å². The van der Waals surface area contributed by atoms with Gasteiger partial charge in [-0.1, -0.05) is 55.2 Å². The number of ether oxygens (including phenoxy) is 6. The number of aromatic nitrogens is 1. The van der Waals surface area contributed by atoms with Gasteiger partial charge in [-0.25, -0.2) is 4.79 Å². The van der Waals surface area contributed by atoms with Gasteiger partial charge in [0.2, 0.25) is 0 Å². The van der Waals surface area contributed by atoms with E-state index in [1.54, 1.807) is 24.9 Å². The van der Waals surface area contributed by atoms with Crippen LogP contribution >= 0.6 is 23.2 Å². The van der Waals surface area contributed by atoms with E-state index in [0.29, 0.717) is 35.9 Å². The second-order valence-electron chi connectivity index (χ2n) is 16.4. The third-order valence-corrected chi connectivity index (χ3v) is 11.9. The van der Waals surface area contributed by atoms with Crippen LogP contribution in [0.25, 0.3) is 11.1 Å². The number of para-hydroxylation sites is 1. The fourth-order valence-electron chi connectivity index (χ4n) is 7.50. The van der Waals surface area contributed by atoms with Gasteiger partial charge in [-0.15, -0.1) is 0 Å². The third kappa shape index (κ3) is 15.1. The lowest BCUT2D eigenvalue weighted by atomic mass is 9.89. The number of halogens is 2. The van der Waals surface area contributed by atoms with Gasteiger partial charge in [0.1, 0.15) is 24.6 Å². The van der Waals surface area contributed by atoms with Crippen molar-refractivity contribution in [2.24, 2.45) is 11.8 Å². The van der Waals surface area contributed by atoms with E-state index in [-0.39, 0.29) is 58.3 Å². The molecule has 14 nitrogen and oxygen atoms in total. The van der Waals surface area contributed by atoms with E-state index in [4.69, 9.17) is 51.6 Å². The maximum absolute atomic E-state index is 13.6. The molecule has 2 aromatic carbocycles. The molecule has 3 aromatic rings. The van der Waals surface area contributed by atoms with Crippen molar-refractivity contribution < 1.29 is 52.7 Å². The van der Waals surface area contributed by atoms with Crippen LogP contribution in [-0.4, -0.2) is 103 Å². The van der Waals surface area contributed by atoms with E-state index in [2.05, 4.69) is 16.4 Å². The normalized spacial score (nSPS) is 15.9. The van der Waals surface area contributed by atoms with Gasteiger partial charge >= 0.3 is 23.9 Å². The lowest BCUT2D eigenvalue weighted by Crippen LogP contribution is -2.48. The summed E-state index contributed by atoms with van der Waals surface area (Å²) in [4.78, 5) is 55.2. The highest BCUT2D eigenvalue weighted by molar-refractivity contribution is 6.34. The van der Waals surface area contributed by atoms with Crippen molar-refractivity contribution in [2.75, 3.05) is 46.1 Å². The van der Waals surface area contributed by atoms with Crippen molar-refractivity contribution in [3.05, 3.63) is 81.6 Å². The number of aryl methyl sites for hydroxylation is 1. The van der Waals surface area contributed by atoms with E-state index >= 15 is 0 Å². The average molecular weight is 915 g/mol. The lowest BCUT2D eigenvalue weighted by Gasteiger charge is -2.34. The Balaban J connectivity index is 1.16. The first-order valence-electron chi connectivity index (χ1n) is 21.7. The Hall–Kier alpha value is -4.47. The first-order valence-corrected chi connectivity index (χ1v) is 22.5. The molecule has 0 radical (unpaired) electrons. The maximum Gasteiger partial charge on any atom is 0.317 e. The summed E-state index contributed by atoms with van der Waals surface area (Å²) in [6.07, 6.45) is 8.11. The van der Waals surface area contributed by atoms with Gasteiger partial charge in [-0.2, -0.15) is 0 Å². The van der Waals surface area contributed by atoms with E-state index in [9.17, 15) is 24.3 Å². The monoisotopic (exact) mass is 913 g/mol. The Morgan fingerprint density at radius 2 is 1.62 bits per heavy atom. The number of hydrogen-bond donors (Lipinski definition) is 2. The molecule has 2 saturated carbocycles. The van der Waals surface area contributed by atoms with Gasteiger partial charge in [0, 0.05) is 85.8 Å². The first kappa shape index (κ1) is 49.5. The van der Waals surface area contributed by atoms with E-state index in [1.807, 2.05) is 42.6 Å². The maximum atomic E-state index is 13.6. The molecule has 2 N–H and O–H groups in total. The molecule has 2 aliphatic rings. The number of aliphatic hydroxyl groups excluding tert-OH is 1. The van der Waals surface area contributed by atoms with E-state index in [1.165, 1.54) is 20.8 Å². The van der Waals surface area contributed by atoms with Gasteiger partial charge in [0.15, 0.2) is 0 Å². The fraction of sp³-hybridized carbons (Fsp3) is 0.553. The standard InChI is InChI=1S/C47H61Cl2N3O11/c1-30(45(62-34(5)56)31(2)44(61-33(4)55)29-59-32(3)54)26-51-46(57)52(20-22-58-23-21-53)19-9-8-10-35-24-42(49)36(25-41(35)48)28-60-47(16-17-47)40-27-50-18-15-38(40)39-11-6-7-12-43(39)63-37-13-14-37/h6-7,11-12,15,18,24-25,27,30-31,37,44-45,53H,8-10,13-14,16-17,19-23,26,28-29H2,1-5H3,(H,51,57)/t30-,31+,44+,45+/m0/s1. The summed E-state index contributed by atoms with van der Waals surface area (Å²) in [6.45, 7) is 8.34. The summed E-state index contributed by atoms with van der Waals surface area (Å²) in [6, 6.07) is 13.5. The Kier molecular flexibility index (Phi) is 18.9. The average Bonchev–Trinajstić information content (AvgIpc) is 4.21. The van der Waals surface area contributed by atoms with E-state index < -0.39 is 47.6 Å². The zero-order valence-corrected chi connectivity index (χ0v) is 38.4. The number of unbranched alkanes of at least 4 members (excludes halogenated alkanes) is 1. The molecule has 4 atom stereocenters. The molecule has 16 heteroatoms. The number of urea groups is 1. The molecule has 2 fully saturated rings. The van der Waals surface area contributed by atoms with Crippen molar-refractivity contribution in [1.82, 2.24) is 15.2 Å². The molecule has 0 spiro atoms. The molecule has 1 aromatic heterocycles. The summed E-state index contributed by atoms with van der Waals surface area (Å²) in [5.74, 6) is -1.81. The highest BCUT2D eigenvalue weighted by atomic mass is 35.5. The second kappa shape index (κ2) is 24.0. The van der Waals surface area contributed by atoms with Gasteiger partial charge < -0.3 is 43.7 Å². The van der Waals surface area contributed by atoms with Crippen molar-refractivity contribution in [1.29, 1.82) is 0 Å². The number of benzene rings is 2. The molecule has 1 heterocycles. The predicted octanol–water partition coefficient (Wildman–Crippen LogP) is 7.84. The fourth-order valence-corrected chi connectivity index (χ4v) is 8.02. The minimum atomic E-state index is -0.885. The highest BCUT2D eigenvalue weighted by Crippen LogP contribution is 2.53. The summed E-state index contributed by atoms with van der Waals surface area (Å²) < 4.78 is 34.6. The Bertz CT molecular complexity index is 2010. The molecule has 0 bridgehead atoms. The van der Waals surface area contributed by atoms with Crippen LogP contribution in [0.3, 0.4) is 0 Å². The van der Waals surface area contributed by atoms with Crippen LogP contribution in [0.4, 0.5) is 4.79 Å². The summed E-state index contributed by atoms with van der Waals surface area (Å²) in [7, 11) is 0. The molecule has 0 unspecified atom stereocenters. The number of pyridine rings is 1. The molecule has 2 aliphatic carbocycles. The molecule has 63 heavy (non-hydrogen) atoms. The lowest BCUT2D eigenvalue weighted by molar-refractivity contribution is -0.169. The van der Waals surface area contributed by atoms with Crippen LogP contribution in [0.5, 0.6) is 5.75 Å². The van der Waals surface area contributed by atoms with E-state index in [0.717, 1.165) is 59.3 Å². The minimum Gasteiger partial charge on any atom is -0.490 e. The Morgan fingerprint density at radius 3 is 2.30 bits per heavy atom. The van der Waals surface area contributed by atoms with Crippen molar-refractivity contribution in [2.45, 2.75) is 110 Å². The van der Waals surface area contributed by atoms with Crippen LogP contribution in [0, 0.1) is 11.8 Å². The Labute approximate surface area is 380 Å². The number of rotatable bonds is 26. The quantitative estimate of drug-likeness (QED) is 0.0455. The molecule has 2 amide bonds. The largest absolute Gasteiger partial charge is 0.490 e. The molecular weight excluding hydrogens is 853 g/mol. The SMILES string of the molecule is CC(=O)OC[C@@H](OC(C)=O)[C@@H](C)[C@H](OC(C)=O)[C@@H](C)CNC(=O)N(CCCCc1cc(Cl)c(COC2(c3cnccc3-c3ccccc3OC3CC3)CC2)cc1Cl)CCOCCO. The Morgan fingerprint density at radius 1 is 0.905 bits per heavy atom. The highest BCUT2D eigenvalue weighted by Gasteiger charge is 2.48. The number of nitrogens with zero attached hydrogens (tertiary/aromatic N) is 2. The number of amides is 2. The van der Waals surface area contributed by atoms with Crippen LogP contribution in [0.2, 0.25) is 10.0 Å². The zero-order chi connectivity index (χ0) is 45.5. The van der Waals surface area contributed by atoms with Gasteiger partial charge in [0.05, 0.1) is 38.1 Å². The minimum absolute atomic E-state index is 0.119. The zero-order valence-electron chi connectivity index (χ0n) is 36.9. The van der Waals surface area contributed by atoms with Gasteiger partial charge in [0.25, 0.3) is 0 Å². The second-order valence-corrected chi connectivity index (χ2v) is 17.2. The molecule has 5 rings (SSSR count). The third-order valence-electron chi connectivity index (χ3n) is 11.2. The van der Waals surface area contributed by atoms with Crippen LogP contribution in [0.1, 0.15) is 89.8 Å². The smallest absolute Gasteiger partial charge is 0.317 e. The number of esters is 3. The van der Waals surface area contributed by atoms with Crippen LogP contribution in [-0.2, 0) is 56.7 Å². The first-order chi connectivity index (χ1) is 30.2. The summed E-state index contributed by atoms with van der Waals surface area (Å²) in [5.41, 5.74) is 4.28. The number of nitrogens with one attached hydrogen (secondary N) is 1. The number of carbonyl (C=O) groups is 4. The number of carbonyl (C=O) groups excluding carboxylic acids is 4. The van der Waals surface area contributed by atoms with Gasteiger partial charge in [-0.3, -0.25) is 19.4 Å². The van der Waals surface area contributed by atoms with Crippen molar-refractivity contribution in [3.8, 4) is 16.9 Å². The molecule has 344 valence electrons. The molecule has 0 saturated heterocycles. The molecule has 0 aliphatic heterocycles. The van der Waals surface area contributed by atoms with Crippen LogP contribution in [0.15, 0.2) is 54.9 Å². The van der Waals surface area contributed by atoms with Crippen LogP contribution < -0.4 is 10.1 Å².